The highest BCUT2D eigenvalue weighted by molar-refractivity contribution is 6.31. The van der Waals surface area contributed by atoms with Crippen molar-refractivity contribution in [3.8, 4) is 0 Å². The third-order valence-electron chi connectivity index (χ3n) is 5.50. The van der Waals surface area contributed by atoms with Crippen LogP contribution in [0.25, 0.3) is 0 Å². The van der Waals surface area contributed by atoms with Crippen LogP contribution >= 0.6 is 23.2 Å². The molecule has 2 atom stereocenters. The van der Waals surface area contributed by atoms with Gasteiger partial charge in [0.05, 0.1) is 0 Å². The molecular formula is C21H21Cl2FN2O. The van der Waals surface area contributed by atoms with Crippen molar-refractivity contribution in [2.45, 2.75) is 18.9 Å². The Hall–Kier alpha value is -1.62. The maximum atomic E-state index is 13.2. The zero-order chi connectivity index (χ0) is 19.0. The lowest BCUT2D eigenvalue weighted by Gasteiger charge is -2.35. The van der Waals surface area contributed by atoms with Gasteiger partial charge in [-0.2, -0.15) is 0 Å². The van der Waals surface area contributed by atoms with E-state index in [1.54, 1.807) is 6.07 Å². The number of nitrogens with zero attached hydrogens (tertiary/aromatic N) is 2. The molecule has 142 valence electrons. The van der Waals surface area contributed by atoms with Crippen molar-refractivity contribution in [3.05, 3.63) is 69.5 Å². The minimum Gasteiger partial charge on any atom is -0.340 e. The fourth-order valence-corrected chi connectivity index (χ4v) is 4.15. The zero-order valence-electron chi connectivity index (χ0n) is 14.9. The van der Waals surface area contributed by atoms with E-state index in [9.17, 15) is 9.18 Å². The summed E-state index contributed by atoms with van der Waals surface area (Å²) < 4.78 is 13.2. The molecule has 2 aliphatic rings. The van der Waals surface area contributed by atoms with Crippen molar-refractivity contribution >= 4 is 29.1 Å². The topological polar surface area (TPSA) is 23.6 Å². The number of carbonyl (C=O) groups excluding carboxylic acids is 1. The number of amides is 1. The second kappa shape index (κ2) is 7.78. The number of carbonyl (C=O) groups is 1. The van der Waals surface area contributed by atoms with Crippen molar-refractivity contribution in [1.82, 2.24) is 9.80 Å². The molecular weight excluding hydrogens is 386 g/mol. The summed E-state index contributed by atoms with van der Waals surface area (Å²) in [5.74, 6) is 0.364. The Bertz CT molecular complexity index is 835. The van der Waals surface area contributed by atoms with Crippen LogP contribution < -0.4 is 0 Å². The first-order chi connectivity index (χ1) is 13.0. The highest BCUT2D eigenvalue weighted by atomic mass is 35.5. The normalized spacial score (nSPS) is 22.7. The third kappa shape index (κ3) is 4.29. The first-order valence-corrected chi connectivity index (χ1v) is 9.97. The number of benzene rings is 2. The first kappa shape index (κ1) is 18.7. The van der Waals surface area contributed by atoms with E-state index in [1.807, 2.05) is 29.2 Å². The van der Waals surface area contributed by atoms with E-state index in [4.69, 9.17) is 23.2 Å². The molecule has 2 aromatic rings. The van der Waals surface area contributed by atoms with Crippen LogP contribution in [0, 0.1) is 11.7 Å². The molecule has 6 heteroatoms. The fourth-order valence-electron chi connectivity index (χ4n) is 3.80. The maximum absolute atomic E-state index is 13.2. The van der Waals surface area contributed by atoms with Gasteiger partial charge in [0.25, 0.3) is 0 Å². The molecule has 0 spiro atoms. The van der Waals surface area contributed by atoms with Crippen LogP contribution in [0.1, 0.15) is 23.5 Å². The van der Waals surface area contributed by atoms with Gasteiger partial charge in [-0.15, -0.1) is 0 Å². The van der Waals surface area contributed by atoms with Crippen molar-refractivity contribution in [1.29, 1.82) is 0 Å². The minimum absolute atomic E-state index is 0.101. The quantitative estimate of drug-likeness (QED) is 0.741. The first-order valence-electron chi connectivity index (χ1n) is 9.22. The van der Waals surface area contributed by atoms with Gasteiger partial charge in [0, 0.05) is 48.7 Å². The van der Waals surface area contributed by atoms with Crippen LogP contribution in [0.15, 0.2) is 42.5 Å². The summed E-state index contributed by atoms with van der Waals surface area (Å²) in [6.45, 7) is 3.73. The molecule has 1 heterocycles. The molecule has 2 aromatic carbocycles. The molecule has 1 aliphatic carbocycles. The molecule has 0 bridgehead atoms. The molecule has 4 rings (SSSR count). The summed E-state index contributed by atoms with van der Waals surface area (Å²) in [4.78, 5) is 17.0. The van der Waals surface area contributed by atoms with Gasteiger partial charge in [-0.25, -0.2) is 4.39 Å². The van der Waals surface area contributed by atoms with E-state index in [2.05, 4.69) is 4.90 Å². The molecule has 0 radical (unpaired) electrons. The van der Waals surface area contributed by atoms with Gasteiger partial charge in [-0.05, 0) is 47.7 Å². The van der Waals surface area contributed by atoms with Gasteiger partial charge in [-0.3, -0.25) is 9.69 Å². The second-order valence-corrected chi connectivity index (χ2v) is 8.18. The molecule has 27 heavy (non-hydrogen) atoms. The monoisotopic (exact) mass is 406 g/mol. The maximum Gasteiger partial charge on any atom is 0.226 e. The van der Waals surface area contributed by atoms with Crippen LogP contribution in [0.4, 0.5) is 4.39 Å². The average Bonchev–Trinajstić information content (AvgIpc) is 3.45. The molecule has 1 amide bonds. The van der Waals surface area contributed by atoms with Crippen molar-refractivity contribution in [2.24, 2.45) is 5.92 Å². The largest absolute Gasteiger partial charge is 0.340 e. The molecule has 2 unspecified atom stereocenters. The van der Waals surface area contributed by atoms with Crippen molar-refractivity contribution in [3.63, 3.8) is 0 Å². The van der Waals surface area contributed by atoms with E-state index in [0.717, 1.165) is 43.2 Å². The number of rotatable bonds is 4. The average molecular weight is 407 g/mol. The van der Waals surface area contributed by atoms with Crippen LogP contribution in [-0.4, -0.2) is 41.9 Å². The third-order valence-corrected chi connectivity index (χ3v) is 6.10. The van der Waals surface area contributed by atoms with Crippen molar-refractivity contribution < 1.29 is 9.18 Å². The Morgan fingerprint density at radius 1 is 1.04 bits per heavy atom. The lowest BCUT2D eigenvalue weighted by molar-refractivity contribution is -0.134. The summed E-state index contributed by atoms with van der Waals surface area (Å²) in [5, 5.41) is 1.18. The van der Waals surface area contributed by atoms with E-state index in [-0.39, 0.29) is 17.6 Å². The minimum atomic E-state index is -0.321. The number of hydrogen-bond acceptors (Lipinski definition) is 2. The molecule has 1 saturated carbocycles. The molecule has 0 N–H and O–H groups in total. The lowest BCUT2D eigenvalue weighted by atomic mass is 10.1. The summed E-state index contributed by atoms with van der Waals surface area (Å²) in [7, 11) is 0. The summed E-state index contributed by atoms with van der Waals surface area (Å²) >= 11 is 12.1. The number of hydrogen-bond donors (Lipinski definition) is 0. The Labute approximate surface area is 168 Å². The van der Waals surface area contributed by atoms with Gasteiger partial charge in [0.2, 0.25) is 5.91 Å². The predicted octanol–water partition coefficient (Wildman–Crippen LogP) is 4.58. The number of halogens is 3. The Morgan fingerprint density at radius 3 is 2.41 bits per heavy atom. The summed E-state index contributed by atoms with van der Waals surface area (Å²) in [6.07, 6.45) is 0.922. The van der Waals surface area contributed by atoms with E-state index < -0.39 is 0 Å². The highest BCUT2D eigenvalue weighted by Gasteiger charge is 2.46. The van der Waals surface area contributed by atoms with E-state index in [1.165, 1.54) is 17.7 Å². The SMILES string of the molecule is O=C(C1CC1c1ccc(Cl)cc1)N1CCN(Cc2ccc(F)cc2Cl)CC1. The Morgan fingerprint density at radius 2 is 1.74 bits per heavy atom. The van der Waals surface area contributed by atoms with Gasteiger partial charge < -0.3 is 4.90 Å². The molecule has 1 aliphatic heterocycles. The van der Waals surface area contributed by atoms with Crippen LogP contribution in [0.3, 0.4) is 0 Å². The van der Waals surface area contributed by atoms with Gasteiger partial charge in [-0.1, -0.05) is 41.4 Å². The highest BCUT2D eigenvalue weighted by Crippen LogP contribution is 2.48. The summed E-state index contributed by atoms with van der Waals surface area (Å²) in [5.41, 5.74) is 2.12. The Kier molecular flexibility index (Phi) is 5.40. The smallest absolute Gasteiger partial charge is 0.226 e. The van der Waals surface area contributed by atoms with Crippen LogP contribution in [0.2, 0.25) is 10.0 Å². The Balaban J connectivity index is 1.29. The predicted molar refractivity (Wildman–Crippen MR) is 106 cm³/mol. The lowest BCUT2D eigenvalue weighted by Crippen LogP contribution is -2.48. The van der Waals surface area contributed by atoms with Gasteiger partial charge in [0.15, 0.2) is 0 Å². The van der Waals surface area contributed by atoms with E-state index in [0.29, 0.717) is 17.5 Å². The van der Waals surface area contributed by atoms with Gasteiger partial charge in [0.1, 0.15) is 5.82 Å². The van der Waals surface area contributed by atoms with E-state index >= 15 is 0 Å². The molecule has 2 fully saturated rings. The van der Waals surface area contributed by atoms with Gasteiger partial charge >= 0.3 is 0 Å². The zero-order valence-corrected chi connectivity index (χ0v) is 16.4. The second-order valence-electron chi connectivity index (χ2n) is 7.34. The van der Waals surface area contributed by atoms with Crippen molar-refractivity contribution in [2.75, 3.05) is 26.2 Å². The molecule has 0 aromatic heterocycles. The fraction of sp³-hybridized carbons (Fsp3) is 0.381. The van der Waals surface area contributed by atoms with Crippen LogP contribution in [0.5, 0.6) is 0 Å². The van der Waals surface area contributed by atoms with Crippen LogP contribution in [-0.2, 0) is 11.3 Å². The summed E-state index contributed by atoms with van der Waals surface area (Å²) in [6, 6.07) is 12.3. The molecule has 3 nitrogen and oxygen atoms in total. The standard InChI is InChI=1S/C21H21Cl2FN2O/c22-16-4-1-14(2-5-16)18-12-19(18)21(27)26-9-7-25(8-10-26)13-15-3-6-17(24)11-20(15)23/h1-6,11,18-19H,7-10,12-13H2. The molecule has 1 saturated heterocycles. The number of piperazine rings is 1.